The number of rotatable bonds is 6. The Morgan fingerprint density at radius 1 is 1.32 bits per heavy atom. The van der Waals surface area contributed by atoms with E-state index in [1.807, 2.05) is 24.3 Å². The number of carbonyl (C=O) groups excluding carboxylic acids is 1. The Labute approximate surface area is 142 Å². The molecule has 0 aliphatic carbocycles. The summed E-state index contributed by atoms with van der Waals surface area (Å²) in [5.74, 6) is -1.26. The van der Waals surface area contributed by atoms with Crippen molar-refractivity contribution in [2.75, 3.05) is 0 Å². The molecule has 2 heterocycles. The average molecular weight is 340 g/mol. The lowest BCUT2D eigenvalue weighted by atomic mass is 10.2. The smallest absolute Gasteiger partial charge is 0.356 e. The maximum atomic E-state index is 12.2. The normalized spacial score (nSPS) is 11.9. The molecule has 0 fully saturated rings. The van der Waals surface area contributed by atoms with Crippen molar-refractivity contribution in [1.29, 1.82) is 0 Å². The number of amides is 1. The molecule has 0 aliphatic rings. The van der Waals surface area contributed by atoms with Gasteiger partial charge in [-0.2, -0.15) is 10.2 Å². The highest BCUT2D eigenvalue weighted by atomic mass is 16.4. The van der Waals surface area contributed by atoms with Gasteiger partial charge in [0.2, 0.25) is 5.91 Å². The van der Waals surface area contributed by atoms with Crippen LogP contribution in [0.4, 0.5) is 0 Å². The molecular weight excluding hydrogens is 324 g/mol. The summed E-state index contributed by atoms with van der Waals surface area (Å²) in [6.07, 6.45) is 4.44. The molecule has 0 bridgehead atoms. The van der Waals surface area contributed by atoms with Crippen LogP contribution in [0.2, 0.25) is 0 Å². The van der Waals surface area contributed by atoms with Gasteiger partial charge in [-0.15, -0.1) is 0 Å². The first kappa shape index (κ1) is 16.4. The van der Waals surface area contributed by atoms with Gasteiger partial charge in [0.05, 0.1) is 5.69 Å². The topological polar surface area (TPSA) is 115 Å². The van der Waals surface area contributed by atoms with E-state index in [9.17, 15) is 9.59 Å². The largest absolute Gasteiger partial charge is 0.476 e. The van der Waals surface area contributed by atoms with Crippen molar-refractivity contribution in [3.8, 4) is 5.69 Å². The van der Waals surface area contributed by atoms with Crippen molar-refractivity contribution in [2.24, 2.45) is 0 Å². The van der Waals surface area contributed by atoms with Crippen LogP contribution in [0, 0.1) is 0 Å². The number of benzene rings is 1. The second kappa shape index (κ2) is 6.95. The van der Waals surface area contributed by atoms with E-state index in [0.29, 0.717) is 12.2 Å². The zero-order valence-electron chi connectivity index (χ0n) is 13.4. The fourth-order valence-electron chi connectivity index (χ4n) is 2.27. The second-order valence-corrected chi connectivity index (χ2v) is 5.39. The van der Waals surface area contributed by atoms with Crippen LogP contribution in [0.25, 0.3) is 5.69 Å². The van der Waals surface area contributed by atoms with E-state index in [-0.39, 0.29) is 11.6 Å². The van der Waals surface area contributed by atoms with Gasteiger partial charge in [-0.3, -0.25) is 4.79 Å². The van der Waals surface area contributed by atoms with E-state index in [1.54, 1.807) is 13.1 Å². The minimum atomic E-state index is -1.08. The fraction of sp³-hybridized carbons (Fsp3) is 0.188. The molecule has 3 aromatic rings. The molecule has 9 heteroatoms. The highest BCUT2D eigenvalue weighted by Crippen LogP contribution is 2.11. The maximum absolute atomic E-state index is 12.2. The molecule has 0 saturated heterocycles. The van der Waals surface area contributed by atoms with Gasteiger partial charge < -0.3 is 10.4 Å². The van der Waals surface area contributed by atoms with Gasteiger partial charge >= 0.3 is 5.97 Å². The summed E-state index contributed by atoms with van der Waals surface area (Å²) < 4.78 is 2.95. The van der Waals surface area contributed by atoms with Crippen molar-refractivity contribution in [1.82, 2.24) is 29.9 Å². The van der Waals surface area contributed by atoms with Crippen molar-refractivity contribution in [2.45, 2.75) is 19.5 Å². The molecule has 1 atom stereocenters. The van der Waals surface area contributed by atoms with Crippen molar-refractivity contribution in [3.63, 3.8) is 0 Å². The first-order valence-electron chi connectivity index (χ1n) is 7.54. The van der Waals surface area contributed by atoms with E-state index in [4.69, 9.17) is 5.11 Å². The monoisotopic (exact) mass is 340 g/mol. The highest BCUT2D eigenvalue weighted by molar-refractivity contribution is 5.85. The summed E-state index contributed by atoms with van der Waals surface area (Å²) in [6, 6.07) is 8.29. The summed E-state index contributed by atoms with van der Waals surface area (Å²) in [5, 5.41) is 19.7. The fourth-order valence-corrected chi connectivity index (χ4v) is 2.27. The molecule has 1 aromatic carbocycles. The molecule has 2 aromatic heterocycles. The molecule has 1 unspecified atom stereocenters. The number of aromatic nitrogens is 5. The zero-order chi connectivity index (χ0) is 17.8. The Kier molecular flexibility index (Phi) is 4.55. The number of nitrogens with one attached hydrogen (secondary N) is 1. The first-order chi connectivity index (χ1) is 12.0. The van der Waals surface area contributed by atoms with Crippen LogP contribution in [0.5, 0.6) is 0 Å². The second-order valence-electron chi connectivity index (χ2n) is 5.39. The lowest BCUT2D eigenvalue weighted by molar-refractivity contribution is -0.124. The zero-order valence-corrected chi connectivity index (χ0v) is 13.4. The third-order valence-electron chi connectivity index (χ3n) is 3.66. The SMILES string of the molecule is CC(C(=O)NCc1cccc(-n2ccc(C(=O)O)n2)c1)n1cncn1. The number of hydrogen-bond acceptors (Lipinski definition) is 5. The molecule has 3 rings (SSSR count). The minimum Gasteiger partial charge on any atom is -0.476 e. The van der Waals surface area contributed by atoms with Crippen LogP contribution in [-0.2, 0) is 11.3 Å². The number of carboxylic acids is 1. The molecule has 0 saturated carbocycles. The van der Waals surface area contributed by atoms with E-state index < -0.39 is 12.0 Å². The molecule has 0 spiro atoms. The van der Waals surface area contributed by atoms with E-state index in [1.165, 1.54) is 28.1 Å². The molecular formula is C16H16N6O3. The molecule has 2 N–H and O–H groups in total. The van der Waals surface area contributed by atoms with E-state index >= 15 is 0 Å². The minimum absolute atomic E-state index is 0.0274. The van der Waals surface area contributed by atoms with E-state index in [0.717, 1.165) is 5.56 Å². The van der Waals surface area contributed by atoms with Gasteiger partial charge in [0.25, 0.3) is 0 Å². The molecule has 9 nitrogen and oxygen atoms in total. The third kappa shape index (κ3) is 3.71. The molecule has 1 amide bonds. The summed E-state index contributed by atoms with van der Waals surface area (Å²) in [4.78, 5) is 26.9. The standard InChI is InChI=1S/C16H16N6O3/c1-11(22-10-17-9-19-22)15(23)18-8-12-3-2-4-13(7-12)21-6-5-14(20-21)16(24)25/h2-7,9-11H,8H2,1H3,(H,18,23)(H,24,25). The quantitative estimate of drug-likeness (QED) is 0.693. The number of carbonyl (C=O) groups is 2. The van der Waals surface area contributed by atoms with Crippen LogP contribution in [0.15, 0.2) is 49.2 Å². The van der Waals surface area contributed by atoms with Crippen molar-refractivity contribution in [3.05, 3.63) is 60.4 Å². The third-order valence-corrected chi connectivity index (χ3v) is 3.66. The molecule has 25 heavy (non-hydrogen) atoms. The van der Waals surface area contributed by atoms with Gasteiger partial charge in [-0.25, -0.2) is 19.1 Å². The van der Waals surface area contributed by atoms with Crippen LogP contribution in [-0.4, -0.2) is 41.5 Å². The van der Waals surface area contributed by atoms with Crippen LogP contribution in [0.3, 0.4) is 0 Å². The van der Waals surface area contributed by atoms with Gasteiger partial charge in [0, 0.05) is 12.7 Å². The number of hydrogen-bond donors (Lipinski definition) is 2. The number of nitrogens with zero attached hydrogens (tertiary/aromatic N) is 5. The Hall–Kier alpha value is -3.49. The van der Waals surface area contributed by atoms with Gasteiger partial charge in [-0.05, 0) is 30.7 Å². The summed E-state index contributed by atoms with van der Waals surface area (Å²) in [5.41, 5.74) is 1.55. The maximum Gasteiger partial charge on any atom is 0.356 e. The summed E-state index contributed by atoms with van der Waals surface area (Å²) in [7, 11) is 0. The summed E-state index contributed by atoms with van der Waals surface area (Å²) in [6.45, 7) is 2.07. The Balaban J connectivity index is 1.67. The Morgan fingerprint density at radius 2 is 2.16 bits per heavy atom. The highest BCUT2D eigenvalue weighted by Gasteiger charge is 2.15. The van der Waals surface area contributed by atoms with Crippen LogP contribution < -0.4 is 5.32 Å². The first-order valence-corrected chi connectivity index (χ1v) is 7.54. The molecule has 0 aliphatic heterocycles. The predicted molar refractivity (Wildman–Crippen MR) is 87.1 cm³/mol. The van der Waals surface area contributed by atoms with Crippen molar-refractivity contribution < 1.29 is 14.7 Å². The molecule has 128 valence electrons. The van der Waals surface area contributed by atoms with E-state index in [2.05, 4.69) is 20.5 Å². The number of carboxylic acid groups (broad SMARTS) is 1. The average Bonchev–Trinajstić information content (AvgIpc) is 3.30. The lowest BCUT2D eigenvalue weighted by Gasteiger charge is -2.12. The predicted octanol–water partition coefficient (Wildman–Crippen LogP) is 1.04. The lowest BCUT2D eigenvalue weighted by Crippen LogP contribution is -2.30. The van der Waals surface area contributed by atoms with Gasteiger partial charge in [0.15, 0.2) is 5.69 Å². The Bertz CT molecular complexity index is 887. The van der Waals surface area contributed by atoms with Crippen LogP contribution >= 0.6 is 0 Å². The van der Waals surface area contributed by atoms with Crippen LogP contribution in [0.1, 0.15) is 29.0 Å². The number of aromatic carboxylic acids is 1. The van der Waals surface area contributed by atoms with Gasteiger partial charge in [0.1, 0.15) is 18.7 Å². The van der Waals surface area contributed by atoms with Gasteiger partial charge in [-0.1, -0.05) is 12.1 Å². The Morgan fingerprint density at radius 3 is 2.84 bits per heavy atom. The van der Waals surface area contributed by atoms with Crippen molar-refractivity contribution >= 4 is 11.9 Å². The molecule has 0 radical (unpaired) electrons. The summed E-state index contributed by atoms with van der Waals surface area (Å²) >= 11 is 0.